The number of ether oxygens (including phenoxy) is 1. The normalized spacial score (nSPS) is 27.6. The van der Waals surface area contributed by atoms with Gasteiger partial charge in [-0.05, 0) is 44.4 Å². The zero-order valence-corrected chi connectivity index (χ0v) is 12.2. The zero-order chi connectivity index (χ0) is 13.4. The third-order valence-electron chi connectivity index (χ3n) is 3.44. The SMILES string of the molecule is CCCNC1(C(=O)O)CCC(SCCCOC)C1. The Morgan fingerprint density at radius 1 is 1.61 bits per heavy atom. The third-order valence-corrected chi connectivity index (χ3v) is 4.84. The molecule has 0 spiro atoms. The number of hydrogen-bond acceptors (Lipinski definition) is 4. The van der Waals surface area contributed by atoms with Gasteiger partial charge in [-0.25, -0.2) is 0 Å². The van der Waals surface area contributed by atoms with Gasteiger partial charge in [-0.15, -0.1) is 0 Å². The van der Waals surface area contributed by atoms with Crippen molar-refractivity contribution in [1.29, 1.82) is 0 Å². The van der Waals surface area contributed by atoms with Gasteiger partial charge in [0.15, 0.2) is 0 Å². The Kier molecular flexibility index (Phi) is 7.04. The van der Waals surface area contributed by atoms with E-state index in [0.29, 0.717) is 5.25 Å². The minimum Gasteiger partial charge on any atom is -0.480 e. The lowest BCUT2D eigenvalue weighted by molar-refractivity contribution is -0.144. The number of aliphatic carboxylic acids is 1. The molecule has 1 aliphatic carbocycles. The number of rotatable bonds is 9. The lowest BCUT2D eigenvalue weighted by atomic mass is 9.98. The van der Waals surface area contributed by atoms with Crippen molar-refractivity contribution in [3.05, 3.63) is 0 Å². The van der Waals surface area contributed by atoms with Gasteiger partial charge in [-0.2, -0.15) is 11.8 Å². The maximum atomic E-state index is 11.5. The van der Waals surface area contributed by atoms with E-state index in [1.165, 1.54) is 0 Å². The predicted octanol–water partition coefficient (Wildman–Crippen LogP) is 2.13. The summed E-state index contributed by atoms with van der Waals surface area (Å²) in [5, 5.41) is 13.1. The van der Waals surface area contributed by atoms with Crippen molar-refractivity contribution in [1.82, 2.24) is 5.32 Å². The summed E-state index contributed by atoms with van der Waals surface area (Å²) in [6, 6.07) is 0. The van der Waals surface area contributed by atoms with Crippen LogP contribution < -0.4 is 5.32 Å². The van der Waals surface area contributed by atoms with Gasteiger partial charge in [0.05, 0.1) is 0 Å². The minimum absolute atomic E-state index is 0.474. The topological polar surface area (TPSA) is 58.6 Å². The highest BCUT2D eigenvalue weighted by atomic mass is 32.2. The van der Waals surface area contributed by atoms with Gasteiger partial charge in [0.2, 0.25) is 0 Å². The Bertz CT molecular complexity index is 263. The van der Waals surface area contributed by atoms with Crippen molar-refractivity contribution >= 4 is 17.7 Å². The van der Waals surface area contributed by atoms with Gasteiger partial charge >= 0.3 is 5.97 Å². The molecule has 4 nitrogen and oxygen atoms in total. The van der Waals surface area contributed by atoms with Crippen molar-refractivity contribution in [2.75, 3.05) is 26.0 Å². The van der Waals surface area contributed by atoms with Gasteiger partial charge in [0.25, 0.3) is 0 Å². The fourth-order valence-corrected chi connectivity index (χ4v) is 3.70. The van der Waals surface area contributed by atoms with Gasteiger partial charge in [-0.1, -0.05) is 6.92 Å². The van der Waals surface area contributed by atoms with Crippen LogP contribution in [0.3, 0.4) is 0 Å². The summed E-state index contributed by atoms with van der Waals surface area (Å²) >= 11 is 1.89. The monoisotopic (exact) mass is 275 g/mol. The lowest BCUT2D eigenvalue weighted by Gasteiger charge is -2.25. The molecule has 5 heteroatoms. The van der Waals surface area contributed by atoms with E-state index in [2.05, 4.69) is 12.2 Å². The number of thioether (sulfide) groups is 1. The van der Waals surface area contributed by atoms with Crippen LogP contribution >= 0.6 is 11.8 Å². The molecule has 0 radical (unpaired) electrons. The smallest absolute Gasteiger partial charge is 0.323 e. The summed E-state index contributed by atoms with van der Waals surface area (Å²) in [5.74, 6) is 0.373. The Balaban J connectivity index is 2.37. The molecular formula is C13H25NO3S. The molecule has 0 aromatic heterocycles. The Labute approximate surface area is 114 Å². The fraction of sp³-hybridized carbons (Fsp3) is 0.923. The van der Waals surface area contributed by atoms with Crippen LogP contribution in [-0.4, -0.2) is 47.9 Å². The van der Waals surface area contributed by atoms with Crippen LogP contribution in [0.15, 0.2) is 0 Å². The van der Waals surface area contributed by atoms with E-state index >= 15 is 0 Å². The molecule has 106 valence electrons. The van der Waals surface area contributed by atoms with Gasteiger partial charge in [0.1, 0.15) is 5.54 Å². The maximum Gasteiger partial charge on any atom is 0.323 e. The van der Waals surface area contributed by atoms with E-state index in [4.69, 9.17) is 4.74 Å². The highest BCUT2D eigenvalue weighted by Crippen LogP contribution is 2.37. The molecule has 2 atom stereocenters. The van der Waals surface area contributed by atoms with Gasteiger partial charge in [-0.3, -0.25) is 4.79 Å². The van der Waals surface area contributed by atoms with E-state index in [1.54, 1.807) is 7.11 Å². The number of carbonyl (C=O) groups is 1. The number of hydrogen-bond donors (Lipinski definition) is 2. The second-order valence-electron chi connectivity index (χ2n) is 4.90. The molecule has 0 amide bonds. The molecule has 1 fully saturated rings. The van der Waals surface area contributed by atoms with Crippen molar-refractivity contribution in [2.45, 2.75) is 49.8 Å². The molecule has 1 saturated carbocycles. The highest BCUT2D eigenvalue weighted by Gasteiger charge is 2.44. The Morgan fingerprint density at radius 3 is 3.00 bits per heavy atom. The minimum atomic E-state index is -0.684. The standard InChI is InChI=1S/C13H25NO3S/c1-3-7-14-13(12(15)16)6-5-11(10-13)18-9-4-8-17-2/h11,14H,3-10H2,1-2H3,(H,15,16). The second-order valence-corrected chi connectivity index (χ2v) is 6.30. The second kappa shape index (κ2) is 8.02. The molecule has 0 aromatic carbocycles. The number of methoxy groups -OCH3 is 1. The summed E-state index contributed by atoms with van der Waals surface area (Å²) in [6.45, 7) is 3.64. The Morgan fingerprint density at radius 2 is 2.39 bits per heavy atom. The van der Waals surface area contributed by atoms with Crippen molar-refractivity contribution in [3.8, 4) is 0 Å². The number of carboxylic acids is 1. The molecule has 0 aromatic rings. The van der Waals surface area contributed by atoms with Crippen LogP contribution in [0.2, 0.25) is 0 Å². The van der Waals surface area contributed by atoms with E-state index in [1.807, 2.05) is 11.8 Å². The van der Waals surface area contributed by atoms with Gasteiger partial charge < -0.3 is 15.2 Å². The molecular weight excluding hydrogens is 250 g/mol. The largest absolute Gasteiger partial charge is 0.480 e. The molecule has 0 aliphatic heterocycles. The fourth-order valence-electron chi connectivity index (χ4n) is 2.39. The first-order valence-electron chi connectivity index (χ1n) is 6.73. The number of nitrogens with one attached hydrogen (secondary N) is 1. The summed E-state index contributed by atoms with van der Waals surface area (Å²) in [4.78, 5) is 11.5. The van der Waals surface area contributed by atoms with Crippen LogP contribution in [0.1, 0.15) is 39.0 Å². The summed E-state index contributed by atoms with van der Waals surface area (Å²) in [5.41, 5.74) is -0.672. The summed E-state index contributed by atoms with van der Waals surface area (Å²) < 4.78 is 5.02. The van der Waals surface area contributed by atoms with Crippen molar-refractivity contribution < 1.29 is 14.6 Å². The first-order valence-corrected chi connectivity index (χ1v) is 7.78. The molecule has 1 aliphatic rings. The quantitative estimate of drug-likeness (QED) is 0.631. The van der Waals surface area contributed by atoms with Crippen LogP contribution in [0, 0.1) is 0 Å². The van der Waals surface area contributed by atoms with Crippen LogP contribution in [0.4, 0.5) is 0 Å². The average molecular weight is 275 g/mol. The van der Waals surface area contributed by atoms with E-state index in [-0.39, 0.29) is 0 Å². The lowest BCUT2D eigenvalue weighted by Crippen LogP contribution is -2.50. The number of carboxylic acid groups (broad SMARTS) is 1. The zero-order valence-electron chi connectivity index (χ0n) is 11.4. The third kappa shape index (κ3) is 4.44. The van der Waals surface area contributed by atoms with E-state index in [0.717, 1.165) is 51.0 Å². The molecule has 18 heavy (non-hydrogen) atoms. The molecule has 0 bridgehead atoms. The average Bonchev–Trinajstić information content (AvgIpc) is 2.77. The Hall–Kier alpha value is -0.260. The van der Waals surface area contributed by atoms with Gasteiger partial charge in [0, 0.05) is 19.0 Å². The van der Waals surface area contributed by atoms with Crippen LogP contribution in [0.25, 0.3) is 0 Å². The molecule has 0 saturated heterocycles. The molecule has 1 rings (SSSR count). The van der Waals surface area contributed by atoms with Crippen molar-refractivity contribution in [2.24, 2.45) is 0 Å². The van der Waals surface area contributed by atoms with E-state index < -0.39 is 11.5 Å². The van der Waals surface area contributed by atoms with E-state index in [9.17, 15) is 9.90 Å². The maximum absolute atomic E-state index is 11.5. The predicted molar refractivity (Wildman–Crippen MR) is 75.3 cm³/mol. The highest BCUT2D eigenvalue weighted by molar-refractivity contribution is 7.99. The van der Waals surface area contributed by atoms with Crippen LogP contribution in [0.5, 0.6) is 0 Å². The molecule has 2 unspecified atom stereocenters. The van der Waals surface area contributed by atoms with Crippen molar-refractivity contribution in [3.63, 3.8) is 0 Å². The molecule has 0 heterocycles. The van der Waals surface area contributed by atoms with Crippen LogP contribution in [-0.2, 0) is 9.53 Å². The summed E-state index contributed by atoms with van der Waals surface area (Å²) in [7, 11) is 1.71. The first-order chi connectivity index (χ1) is 8.64. The molecule has 2 N–H and O–H groups in total. The summed E-state index contributed by atoms with van der Waals surface area (Å²) in [6.07, 6.45) is 4.52. The first kappa shape index (κ1) is 15.8.